The predicted molar refractivity (Wildman–Crippen MR) is 88.1 cm³/mol. The maximum absolute atomic E-state index is 12.4. The molecule has 0 bridgehead atoms. The Morgan fingerprint density at radius 2 is 2.00 bits per heavy atom. The van der Waals surface area contributed by atoms with Gasteiger partial charge in [-0.15, -0.1) is 0 Å². The number of ketones is 1. The van der Waals surface area contributed by atoms with E-state index in [-0.39, 0.29) is 12.2 Å². The number of allylic oxidation sites excluding steroid dienone is 3. The molecule has 1 N–H and O–H groups in total. The molecular formula is C19H24O3. The average Bonchev–Trinajstić information content (AvgIpc) is 2.70. The Morgan fingerprint density at radius 1 is 1.27 bits per heavy atom. The van der Waals surface area contributed by atoms with Crippen molar-refractivity contribution >= 4 is 5.78 Å². The molecule has 118 valence electrons. The highest BCUT2D eigenvalue weighted by Gasteiger charge is 2.46. The SMILES string of the molecule is CC(C)=CCC/C(C)=C/CC1(O)Oc2cccc(C)c2C1=O. The van der Waals surface area contributed by atoms with E-state index < -0.39 is 5.79 Å². The zero-order valence-electron chi connectivity index (χ0n) is 13.8. The van der Waals surface area contributed by atoms with Crippen molar-refractivity contribution in [2.45, 2.75) is 52.7 Å². The van der Waals surface area contributed by atoms with Crippen LogP contribution >= 0.6 is 0 Å². The van der Waals surface area contributed by atoms with Gasteiger partial charge in [0.15, 0.2) is 0 Å². The fourth-order valence-electron chi connectivity index (χ4n) is 2.58. The van der Waals surface area contributed by atoms with Crippen LogP contribution in [-0.4, -0.2) is 16.7 Å². The van der Waals surface area contributed by atoms with E-state index in [1.165, 1.54) is 5.57 Å². The zero-order valence-corrected chi connectivity index (χ0v) is 13.8. The van der Waals surface area contributed by atoms with E-state index in [1.807, 2.05) is 32.1 Å². The van der Waals surface area contributed by atoms with Crippen molar-refractivity contribution in [2.75, 3.05) is 0 Å². The van der Waals surface area contributed by atoms with Crippen LogP contribution < -0.4 is 4.74 Å². The number of benzene rings is 1. The Kier molecular flexibility index (Phi) is 4.87. The molecule has 22 heavy (non-hydrogen) atoms. The van der Waals surface area contributed by atoms with Gasteiger partial charge in [0.2, 0.25) is 5.78 Å². The van der Waals surface area contributed by atoms with Gasteiger partial charge in [-0.2, -0.15) is 0 Å². The molecule has 1 atom stereocenters. The van der Waals surface area contributed by atoms with Gasteiger partial charge in [-0.25, -0.2) is 0 Å². The molecule has 3 nitrogen and oxygen atoms in total. The molecular weight excluding hydrogens is 276 g/mol. The molecule has 1 aromatic rings. The molecule has 0 spiro atoms. The number of carbonyl (C=O) groups excluding carboxylic acids is 1. The first-order valence-electron chi connectivity index (χ1n) is 7.68. The highest BCUT2D eigenvalue weighted by molar-refractivity contribution is 6.07. The summed E-state index contributed by atoms with van der Waals surface area (Å²) in [5.74, 6) is -1.62. The Balaban J connectivity index is 2.06. The minimum Gasteiger partial charge on any atom is -0.453 e. The summed E-state index contributed by atoms with van der Waals surface area (Å²) < 4.78 is 5.53. The van der Waals surface area contributed by atoms with Crippen molar-refractivity contribution in [1.29, 1.82) is 0 Å². The maximum Gasteiger partial charge on any atom is 0.276 e. The number of hydrogen-bond acceptors (Lipinski definition) is 3. The molecule has 0 amide bonds. The lowest BCUT2D eigenvalue weighted by Crippen LogP contribution is -2.39. The van der Waals surface area contributed by atoms with Gasteiger partial charge in [-0.3, -0.25) is 4.79 Å². The number of fused-ring (bicyclic) bond motifs is 1. The van der Waals surface area contributed by atoms with Crippen molar-refractivity contribution < 1.29 is 14.6 Å². The molecule has 1 heterocycles. The van der Waals surface area contributed by atoms with E-state index in [2.05, 4.69) is 19.9 Å². The first-order valence-corrected chi connectivity index (χ1v) is 7.68. The van der Waals surface area contributed by atoms with Gasteiger partial charge >= 0.3 is 0 Å². The maximum atomic E-state index is 12.4. The van der Waals surface area contributed by atoms with Crippen LogP contribution in [-0.2, 0) is 0 Å². The largest absolute Gasteiger partial charge is 0.453 e. The van der Waals surface area contributed by atoms with Gasteiger partial charge < -0.3 is 9.84 Å². The molecule has 2 rings (SSSR count). The molecule has 0 aliphatic carbocycles. The fraction of sp³-hybridized carbons (Fsp3) is 0.421. The second kappa shape index (κ2) is 6.49. The average molecular weight is 300 g/mol. The number of Topliss-reactive ketones (excluding diaryl/α,β-unsaturated/α-hetero) is 1. The molecule has 3 heteroatoms. The van der Waals surface area contributed by atoms with Crippen molar-refractivity contribution in [3.8, 4) is 5.75 Å². The summed E-state index contributed by atoms with van der Waals surface area (Å²) in [4.78, 5) is 12.4. The van der Waals surface area contributed by atoms with Crippen LogP contribution in [0.2, 0.25) is 0 Å². The fourth-order valence-corrected chi connectivity index (χ4v) is 2.58. The third-order valence-corrected chi connectivity index (χ3v) is 3.91. The lowest BCUT2D eigenvalue weighted by atomic mass is 9.98. The Hall–Kier alpha value is -1.87. The molecule has 0 radical (unpaired) electrons. The number of aryl methyl sites for hydroxylation is 1. The molecule has 0 saturated heterocycles. The summed E-state index contributed by atoms with van der Waals surface area (Å²) in [5.41, 5.74) is 3.78. The van der Waals surface area contributed by atoms with E-state index in [9.17, 15) is 9.90 Å². The van der Waals surface area contributed by atoms with E-state index in [4.69, 9.17) is 4.74 Å². The van der Waals surface area contributed by atoms with Gasteiger partial charge in [0.1, 0.15) is 5.75 Å². The van der Waals surface area contributed by atoms with Gasteiger partial charge in [-0.05, 0) is 52.2 Å². The minimum atomic E-state index is -1.76. The smallest absolute Gasteiger partial charge is 0.276 e. The molecule has 1 aliphatic heterocycles. The van der Waals surface area contributed by atoms with Crippen LogP contribution in [0.4, 0.5) is 0 Å². The highest BCUT2D eigenvalue weighted by atomic mass is 16.6. The summed E-state index contributed by atoms with van der Waals surface area (Å²) in [7, 11) is 0. The van der Waals surface area contributed by atoms with Crippen molar-refractivity contribution in [3.63, 3.8) is 0 Å². The number of carbonyl (C=O) groups is 1. The Bertz CT molecular complexity index is 636. The summed E-state index contributed by atoms with van der Waals surface area (Å²) in [6, 6.07) is 5.41. The van der Waals surface area contributed by atoms with E-state index >= 15 is 0 Å². The second-order valence-corrected chi connectivity index (χ2v) is 6.24. The second-order valence-electron chi connectivity index (χ2n) is 6.24. The predicted octanol–water partition coefficient (Wildman–Crippen LogP) is 4.34. The summed E-state index contributed by atoms with van der Waals surface area (Å²) in [6.07, 6.45) is 6.15. The Labute approximate surface area is 132 Å². The third-order valence-electron chi connectivity index (χ3n) is 3.91. The third kappa shape index (κ3) is 3.47. The summed E-state index contributed by atoms with van der Waals surface area (Å²) in [6.45, 7) is 8.02. The Morgan fingerprint density at radius 3 is 2.64 bits per heavy atom. The number of hydrogen-bond donors (Lipinski definition) is 1. The van der Waals surface area contributed by atoms with Gasteiger partial charge in [0, 0.05) is 6.42 Å². The topological polar surface area (TPSA) is 46.5 Å². The van der Waals surface area contributed by atoms with Crippen LogP contribution in [0.5, 0.6) is 5.75 Å². The summed E-state index contributed by atoms with van der Waals surface area (Å²) in [5, 5.41) is 10.5. The van der Waals surface area contributed by atoms with Crippen molar-refractivity contribution in [1.82, 2.24) is 0 Å². The van der Waals surface area contributed by atoms with Crippen LogP contribution in [0.15, 0.2) is 41.5 Å². The summed E-state index contributed by atoms with van der Waals surface area (Å²) >= 11 is 0. The first kappa shape index (κ1) is 16.5. The monoisotopic (exact) mass is 300 g/mol. The number of ether oxygens (including phenoxy) is 1. The van der Waals surface area contributed by atoms with E-state index in [1.54, 1.807) is 6.07 Å². The standard InChI is InChI=1S/C19H24O3/c1-13(2)7-5-8-14(3)11-12-19(21)18(20)17-15(4)9-6-10-16(17)22-19/h6-7,9-11,21H,5,8,12H2,1-4H3/b14-11+. The minimum absolute atomic E-state index is 0.181. The molecule has 1 aromatic carbocycles. The lowest BCUT2D eigenvalue weighted by Gasteiger charge is -2.19. The lowest BCUT2D eigenvalue weighted by molar-refractivity contribution is -0.0871. The molecule has 0 saturated carbocycles. The number of rotatable bonds is 5. The van der Waals surface area contributed by atoms with Crippen LogP contribution in [0.25, 0.3) is 0 Å². The molecule has 0 aromatic heterocycles. The quantitative estimate of drug-likeness (QED) is 0.823. The highest BCUT2D eigenvalue weighted by Crippen LogP contribution is 2.37. The molecule has 1 unspecified atom stereocenters. The van der Waals surface area contributed by atoms with Crippen LogP contribution in [0.3, 0.4) is 0 Å². The normalized spacial score (nSPS) is 20.6. The van der Waals surface area contributed by atoms with Crippen molar-refractivity contribution in [2.24, 2.45) is 0 Å². The molecule has 0 fully saturated rings. The van der Waals surface area contributed by atoms with Crippen molar-refractivity contribution in [3.05, 3.63) is 52.6 Å². The van der Waals surface area contributed by atoms with Gasteiger partial charge in [0.25, 0.3) is 5.79 Å². The van der Waals surface area contributed by atoms with Gasteiger partial charge in [-0.1, -0.05) is 35.4 Å². The van der Waals surface area contributed by atoms with Crippen LogP contribution in [0.1, 0.15) is 56.0 Å². The van der Waals surface area contributed by atoms with Gasteiger partial charge in [0.05, 0.1) is 5.56 Å². The first-order chi connectivity index (χ1) is 10.3. The van der Waals surface area contributed by atoms with E-state index in [0.717, 1.165) is 24.0 Å². The number of aliphatic hydroxyl groups is 1. The zero-order chi connectivity index (χ0) is 16.3. The van der Waals surface area contributed by atoms with E-state index in [0.29, 0.717) is 11.3 Å². The molecule has 1 aliphatic rings. The van der Waals surface area contributed by atoms with Crippen LogP contribution in [0, 0.1) is 6.92 Å².